The highest BCUT2D eigenvalue weighted by Crippen LogP contribution is 2.20. The molecule has 0 aromatic carbocycles. The SMILES string of the molecule is N#CNC1=NCCN1C(=O)C(Cl)=C(Cl)Cl. The van der Waals surface area contributed by atoms with Gasteiger partial charge in [-0.15, -0.1) is 0 Å². The predicted octanol–water partition coefficient (Wildman–Crippen LogP) is 1.14. The zero-order chi connectivity index (χ0) is 11.4. The Bertz CT molecular complexity index is 380. The van der Waals surface area contributed by atoms with E-state index in [9.17, 15) is 4.79 Å². The van der Waals surface area contributed by atoms with E-state index >= 15 is 0 Å². The minimum Gasteiger partial charge on any atom is -0.275 e. The van der Waals surface area contributed by atoms with Gasteiger partial charge in [0.1, 0.15) is 9.52 Å². The van der Waals surface area contributed by atoms with Crippen LogP contribution < -0.4 is 5.32 Å². The Hall–Kier alpha value is -0.960. The Morgan fingerprint density at radius 1 is 1.53 bits per heavy atom. The highest BCUT2D eigenvalue weighted by molar-refractivity contribution is 6.62. The molecule has 80 valence electrons. The number of nitrogens with one attached hydrogen (secondary N) is 1. The molecule has 0 unspecified atom stereocenters. The van der Waals surface area contributed by atoms with E-state index in [2.05, 4.69) is 10.3 Å². The third-order valence-electron chi connectivity index (χ3n) is 1.61. The van der Waals surface area contributed by atoms with Crippen LogP contribution in [0.4, 0.5) is 0 Å². The molecule has 1 heterocycles. The summed E-state index contributed by atoms with van der Waals surface area (Å²) in [6, 6.07) is 0. The summed E-state index contributed by atoms with van der Waals surface area (Å²) in [7, 11) is 0. The smallest absolute Gasteiger partial charge is 0.274 e. The van der Waals surface area contributed by atoms with Crippen LogP contribution >= 0.6 is 34.8 Å². The minimum absolute atomic E-state index is 0.148. The number of carbonyl (C=O) groups is 1. The van der Waals surface area contributed by atoms with Crippen LogP contribution in [0.1, 0.15) is 0 Å². The minimum atomic E-state index is -0.587. The zero-order valence-electron chi connectivity index (χ0n) is 7.30. The molecule has 1 aliphatic heterocycles. The lowest BCUT2D eigenvalue weighted by Crippen LogP contribution is -2.40. The predicted molar refractivity (Wildman–Crippen MR) is 57.3 cm³/mol. The van der Waals surface area contributed by atoms with Crippen molar-refractivity contribution in [2.45, 2.75) is 0 Å². The Kier molecular flexibility index (Phi) is 4.21. The molecule has 1 N–H and O–H groups in total. The number of aliphatic imine (C=N–C) groups is 1. The summed E-state index contributed by atoms with van der Waals surface area (Å²) >= 11 is 16.3. The van der Waals surface area contributed by atoms with Gasteiger partial charge in [0, 0.05) is 6.54 Å². The summed E-state index contributed by atoms with van der Waals surface area (Å²) in [5.74, 6) is -0.439. The quantitative estimate of drug-likeness (QED) is 0.440. The lowest BCUT2D eigenvalue weighted by Gasteiger charge is -2.15. The maximum absolute atomic E-state index is 11.6. The number of nitrogens with zero attached hydrogens (tertiary/aromatic N) is 3. The van der Waals surface area contributed by atoms with Crippen LogP contribution in [-0.4, -0.2) is 29.9 Å². The molecule has 0 saturated carbocycles. The normalized spacial score (nSPS) is 14.3. The van der Waals surface area contributed by atoms with E-state index in [0.29, 0.717) is 13.1 Å². The zero-order valence-corrected chi connectivity index (χ0v) is 9.57. The van der Waals surface area contributed by atoms with Gasteiger partial charge in [-0.05, 0) is 0 Å². The van der Waals surface area contributed by atoms with Gasteiger partial charge in [0.2, 0.25) is 5.96 Å². The van der Waals surface area contributed by atoms with Gasteiger partial charge in [0.25, 0.3) is 5.91 Å². The fourth-order valence-electron chi connectivity index (χ4n) is 1.00. The second-order valence-corrected chi connectivity index (χ2v) is 3.80. The monoisotopic (exact) mass is 266 g/mol. The first-order valence-corrected chi connectivity index (χ1v) is 4.93. The van der Waals surface area contributed by atoms with E-state index in [1.165, 1.54) is 4.90 Å². The number of amides is 1. The third kappa shape index (κ3) is 2.75. The van der Waals surface area contributed by atoms with Gasteiger partial charge in [0.15, 0.2) is 6.19 Å². The van der Waals surface area contributed by atoms with Gasteiger partial charge in [0.05, 0.1) is 6.54 Å². The summed E-state index contributed by atoms with van der Waals surface area (Å²) in [6.07, 6.45) is 1.66. The fraction of sp³-hybridized carbons (Fsp3) is 0.286. The number of halogens is 3. The molecule has 0 aliphatic carbocycles. The number of guanidine groups is 1. The molecule has 1 aliphatic rings. The maximum Gasteiger partial charge on any atom is 0.274 e. The summed E-state index contributed by atoms with van der Waals surface area (Å²) in [5, 5.41) is 10.4. The molecular weight excluding hydrogens is 262 g/mol. The van der Waals surface area contributed by atoms with Crippen molar-refractivity contribution in [2.75, 3.05) is 13.1 Å². The van der Waals surface area contributed by atoms with Gasteiger partial charge in [-0.25, -0.2) is 0 Å². The van der Waals surface area contributed by atoms with Crippen LogP contribution in [0.3, 0.4) is 0 Å². The van der Waals surface area contributed by atoms with Crippen molar-refractivity contribution < 1.29 is 4.79 Å². The molecule has 1 amide bonds. The number of hydrogen-bond donors (Lipinski definition) is 1. The van der Waals surface area contributed by atoms with Crippen molar-refractivity contribution in [3.05, 3.63) is 9.52 Å². The van der Waals surface area contributed by atoms with E-state index in [1.807, 2.05) is 0 Å². The van der Waals surface area contributed by atoms with Crippen LogP contribution in [-0.2, 0) is 4.79 Å². The fourth-order valence-corrected chi connectivity index (χ4v) is 1.26. The summed E-state index contributed by atoms with van der Waals surface area (Å²) < 4.78 is -0.315. The Morgan fingerprint density at radius 2 is 2.20 bits per heavy atom. The Balaban J connectivity index is 2.83. The van der Waals surface area contributed by atoms with Gasteiger partial charge in [-0.2, -0.15) is 5.26 Å². The molecule has 0 atom stereocenters. The average molecular weight is 268 g/mol. The van der Waals surface area contributed by atoms with E-state index < -0.39 is 5.91 Å². The second-order valence-electron chi connectivity index (χ2n) is 2.47. The highest BCUT2D eigenvalue weighted by Gasteiger charge is 2.26. The van der Waals surface area contributed by atoms with Crippen molar-refractivity contribution >= 4 is 46.7 Å². The van der Waals surface area contributed by atoms with Gasteiger partial charge < -0.3 is 0 Å². The van der Waals surface area contributed by atoms with Crippen molar-refractivity contribution in [2.24, 2.45) is 4.99 Å². The molecule has 0 bridgehead atoms. The van der Waals surface area contributed by atoms with Crippen LogP contribution in [0.2, 0.25) is 0 Å². The van der Waals surface area contributed by atoms with Crippen molar-refractivity contribution in [3.63, 3.8) is 0 Å². The topological polar surface area (TPSA) is 68.5 Å². The molecule has 0 aromatic rings. The average Bonchev–Trinajstić information content (AvgIpc) is 2.64. The molecule has 5 nitrogen and oxygen atoms in total. The molecule has 0 spiro atoms. The second kappa shape index (κ2) is 5.21. The van der Waals surface area contributed by atoms with Crippen LogP contribution in [0, 0.1) is 11.5 Å². The van der Waals surface area contributed by atoms with E-state index in [0.717, 1.165) is 0 Å². The van der Waals surface area contributed by atoms with Gasteiger partial charge >= 0.3 is 0 Å². The molecule has 8 heteroatoms. The first-order valence-electron chi connectivity index (χ1n) is 3.80. The van der Waals surface area contributed by atoms with Gasteiger partial charge in [-0.1, -0.05) is 34.8 Å². The lowest BCUT2D eigenvalue weighted by molar-refractivity contribution is -0.122. The Labute approximate surface area is 101 Å². The van der Waals surface area contributed by atoms with Crippen molar-refractivity contribution in [1.29, 1.82) is 5.26 Å². The third-order valence-corrected chi connectivity index (χ3v) is 2.53. The summed E-state index contributed by atoms with van der Waals surface area (Å²) in [4.78, 5) is 16.7. The standard InChI is InChI=1S/C7H5Cl3N4O/c8-4(5(9)10)6(15)14-2-1-12-7(14)13-3-11/h1-2H2,(H,12,13). The molecule has 0 saturated heterocycles. The van der Waals surface area contributed by atoms with Crippen LogP contribution in [0.5, 0.6) is 0 Å². The summed E-state index contributed by atoms with van der Waals surface area (Å²) in [5.41, 5.74) is 0. The molecule has 0 fully saturated rings. The van der Waals surface area contributed by atoms with E-state index in [4.69, 9.17) is 40.1 Å². The highest BCUT2D eigenvalue weighted by atomic mass is 35.5. The number of carbonyl (C=O) groups excluding carboxylic acids is 1. The maximum atomic E-state index is 11.6. The molecule has 0 aromatic heterocycles. The molecule has 15 heavy (non-hydrogen) atoms. The number of hydrogen-bond acceptors (Lipinski definition) is 4. The molecule has 1 rings (SSSR count). The van der Waals surface area contributed by atoms with Crippen molar-refractivity contribution in [3.8, 4) is 6.19 Å². The first kappa shape index (κ1) is 12.1. The number of rotatable bonds is 1. The van der Waals surface area contributed by atoms with E-state index in [-0.39, 0.29) is 15.5 Å². The van der Waals surface area contributed by atoms with Crippen LogP contribution in [0.15, 0.2) is 14.5 Å². The Morgan fingerprint density at radius 3 is 2.73 bits per heavy atom. The molecular formula is C7H5Cl3N4O. The first-order chi connectivity index (χ1) is 7.07. The van der Waals surface area contributed by atoms with E-state index in [1.54, 1.807) is 6.19 Å². The number of nitriles is 1. The molecule has 0 radical (unpaired) electrons. The van der Waals surface area contributed by atoms with Gasteiger partial charge in [-0.3, -0.25) is 20.0 Å². The van der Waals surface area contributed by atoms with Crippen molar-refractivity contribution in [1.82, 2.24) is 10.2 Å². The summed E-state index contributed by atoms with van der Waals surface area (Å²) in [6.45, 7) is 0.736. The largest absolute Gasteiger partial charge is 0.275 e. The lowest BCUT2D eigenvalue weighted by atomic mass is 10.5. The van der Waals surface area contributed by atoms with Crippen LogP contribution in [0.25, 0.3) is 0 Å².